The van der Waals surface area contributed by atoms with Crippen LogP contribution in [0.25, 0.3) is 0 Å². The smallest absolute Gasteiger partial charge is 0.411 e. The van der Waals surface area contributed by atoms with Gasteiger partial charge in [0.15, 0.2) is 12.1 Å². The number of anilines is 1. The maximum absolute atomic E-state index is 13.4. The van der Waals surface area contributed by atoms with Crippen molar-refractivity contribution in [3.05, 3.63) is 95.3 Å². The zero-order valence-corrected chi connectivity index (χ0v) is 19.0. The van der Waals surface area contributed by atoms with Gasteiger partial charge in [-0.2, -0.15) is 0 Å². The number of carbonyl (C=O) groups is 3. The number of carbonyl (C=O) groups excluding carboxylic acids is 3. The number of pyridine rings is 1. The molecule has 34 heavy (non-hydrogen) atoms. The third-order valence-electron chi connectivity index (χ3n) is 5.58. The van der Waals surface area contributed by atoms with Gasteiger partial charge in [-0.3, -0.25) is 19.5 Å². The Kier molecular flexibility index (Phi) is 6.87. The lowest BCUT2D eigenvalue weighted by Gasteiger charge is -2.24. The van der Waals surface area contributed by atoms with Crippen LogP contribution in [0.1, 0.15) is 35.3 Å². The molecule has 0 bridgehead atoms. The molecule has 8 heteroatoms. The monoisotopic (exact) mass is 458 g/mol. The van der Waals surface area contributed by atoms with Crippen molar-refractivity contribution < 1.29 is 19.1 Å². The molecule has 0 aliphatic carbocycles. The van der Waals surface area contributed by atoms with E-state index >= 15 is 0 Å². The van der Waals surface area contributed by atoms with Gasteiger partial charge in [0.25, 0.3) is 0 Å². The van der Waals surface area contributed by atoms with E-state index < -0.39 is 18.2 Å². The van der Waals surface area contributed by atoms with Crippen LogP contribution in [0.4, 0.5) is 10.5 Å². The van der Waals surface area contributed by atoms with Crippen molar-refractivity contribution in [3.63, 3.8) is 0 Å². The van der Waals surface area contributed by atoms with Gasteiger partial charge >= 0.3 is 6.09 Å². The highest BCUT2D eigenvalue weighted by atomic mass is 16.6. The molecular formula is C26H26N4O4. The molecule has 2 heterocycles. The number of hydrogen-bond donors (Lipinski definition) is 2. The second kappa shape index (κ2) is 10.2. The number of hydrogen-bond acceptors (Lipinski definition) is 5. The summed E-state index contributed by atoms with van der Waals surface area (Å²) in [5.41, 5.74) is 4.14. The van der Waals surface area contributed by atoms with Crippen LogP contribution in [0.5, 0.6) is 0 Å². The quantitative estimate of drug-likeness (QED) is 0.562. The Morgan fingerprint density at radius 3 is 2.41 bits per heavy atom. The zero-order chi connectivity index (χ0) is 24.1. The summed E-state index contributed by atoms with van der Waals surface area (Å²) in [5.74, 6) is -0.505. The van der Waals surface area contributed by atoms with E-state index in [1.807, 2.05) is 37.3 Å². The molecule has 1 fully saturated rings. The van der Waals surface area contributed by atoms with Gasteiger partial charge in [-0.1, -0.05) is 48.0 Å². The molecule has 1 aliphatic rings. The van der Waals surface area contributed by atoms with Gasteiger partial charge in [0.2, 0.25) is 11.8 Å². The predicted molar refractivity (Wildman–Crippen MR) is 127 cm³/mol. The summed E-state index contributed by atoms with van der Waals surface area (Å²) < 4.78 is 5.69. The van der Waals surface area contributed by atoms with E-state index in [4.69, 9.17) is 4.74 Å². The molecular weight excluding hydrogens is 432 g/mol. The van der Waals surface area contributed by atoms with Crippen LogP contribution in [0.2, 0.25) is 0 Å². The number of amides is 3. The molecule has 1 saturated heterocycles. The number of benzene rings is 2. The molecule has 1 aliphatic heterocycles. The number of aromatic nitrogens is 1. The van der Waals surface area contributed by atoms with Crippen molar-refractivity contribution in [1.82, 2.24) is 15.2 Å². The Labute approximate surface area is 198 Å². The maximum Gasteiger partial charge on any atom is 0.411 e. The van der Waals surface area contributed by atoms with Gasteiger partial charge in [0.1, 0.15) is 0 Å². The lowest BCUT2D eigenvalue weighted by atomic mass is 10.00. The normalized spacial score (nSPS) is 17.2. The average Bonchev–Trinajstić information content (AvgIpc) is 3.15. The van der Waals surface area contributed by atoms with Crippen LogP contribution in [0.15, 0.2) is 73.1 Å². The molecule has 0 spiro atoms. The van der Waals surface area contributed by atoms with Gasteiger partial charge in [0.05, 0.1) is 6.54 Å². The SMILES string of the molecule is CC(=O)Nc1ccc([C@@H]2OC(=O)N(Cc3ccc(C)cc3)[C@@H]2C(=O)NCc2cccnc2)cc1. The van der Waals surface area contributed by atoms with Gasteiger partial charge < -0.3 is 15.4 Å². The Morgan fingerprint density at radius 2 is 1.76 bits per heavy atom. The summed E-state index contributed by atoms with van der Waals surface area (Å²) in [5, 5.41) is 5.62. The first-order valence-corrected chi connectivity index (χ1v) is 11.0. The van der Waals surface area contributed by atoms with E-state index in [2.05, 4.69) is 15.6 Å². The van der Waals surface area contributed by atoms with E-state index in [-0.39, 0.29) is 24.9 Å². The molecule has 2 N–H and O–H groups in total. The molecule has 2 atom stereocenters. The predicted octanol–water partition coefficient (Wildman–Crippen LogP) is 3.73. The lowest BCUT2D eigenvalue weighted by Crippen LogP contribution is -2.46. The molecule has 1 aromatic heterocycles. The Morgan fingerprint density at radius 1 is 1.03 bits per heavy atom. The highest BCUT2D eigenvalue weighted by Gasteiger charge is 2.46. The molecule has 2 aromatic carbocycles. The number of nitrogens with one attached hydrogen (secondary N) is 2. The summed E-state index contributed by atoms with van der Waals surface area (Å²) in [4.78, 5) is 43.1. The number of aryl methyl sites for hydroxylation is 1. The fourth-order valence-corrected chi connectivity index (χ4v) is 3.86. The van der Waals surface area contributed by atoms with Crippen LogP contribution in [0, 0.1) is 6.92 Å². The van der Waals surface area contributed by atoms with E-state index in [1.165, 1.54) is 11.8 Å². The van der Waals surface area contributed by atoms with Gasteiger partial charge in [0, 0.05) is 31.5 Å². The number of nitrogens with zero attached hydrogens (tertiary/aromatic N) is 2. The zero-order valence-electron chi connectivity index (χ0n) is 19.0. The first-order chi connectivity index (χ1) is 16.4. The van der Waals surface area contributed by atoms with Crippen molar-refractivity contribution in [1.29, 1.82) is 0 Å². The third kappa shape index (κ3) is 5.40. The number of cyclic esters (lactones) is 1. The van der Waals surface area contributed by atoms with Crippen LogP contribution >= 0.6 is 0 Å². The minimum atomic E-state index is -0.864. The van der Waals surface area contributed by atoms with Crippen LogP contribution in [-0.4, -0.2) is 33.8 Å². The first kappa shape index (κ1) is 23.0. The highest BCUT2D eigenvalue weighted by molar-refractivity contribution is 5.90. The standard InChI is InChI=1S/C26H26N4O4/c1-17-5-7-19(8-6-17)16-30-23(25(32)28-15-20-4-3-13-27-14-20)24(34-26(30)33)21-9-11-22(12-10-21)29-18(2)31/h3-14,23-24H,15-16H2,1-2H3,(H,28,32)(H,29,31)/t23-,24-/m0/s1. The average molecular weight is 459 g/mol. The van der Waals surface area contributed by atoms with Gasteiger partial charge in [-0.15, -0.1) is 0 Å². The van der Waals surface area contributed by atoms with E-state index in [0.29, 0.717) is 11.3 Å². The molecule has 3 aromatic rings. The first-order valence-electron chi connectivity index (χ1n) is 11.0. The minimum absolute atomic E-state index is 0.183. The topological polar surface area (TPSA) is 101 Å². The molecule has 0 radical (unpaired) electrons. The summed E-state index contributed by atoms with van der Waals surface area (Å²) >= 11 is 0. The summed E-state index contributed by atoms with van der Waals surface area (Å²) in [6.07, 6.45) is 1.99. The summed E-state index contributed by atoms with van der Waals surface area (Å²) in [7, 11) is 0. The molecule has 174 valence electrons. The van der Waals surface area contributed by atoms with Crippen molar-refractivity contribution in [3.8, 4) is 0 Å². The van der Waals surface area contributed by atoms with E-state index in [9.17, 15) is 14.4 Å². The fraction of sp³-hybridized carbons (Fsp3) is 0.231. The fourth-order valence-electron chi connectivity index (χ4n) is 3.86. The van der Waals surface area contributed by atoms with Gasteiger partial charge in [-0.25, -0.2) is 4.79 Å². The third-order valence-corrected chi connectivity index (χ3v) is 5.58. The molecule has 4 rings (SSSR count). The number of rotatable bonds is 7. The number of ether oxygens (including phenoxy) is 1. The minimum Gasteiger partial charge on any atom is -0.438 e. The van der Waals surface area contributed by atoms with Crippen molar-refractivity contribution >= 4 is 23.6 Å². The van der Waals surface area contributed by atoms with Crippen LogP contribution in [-0.2, 0) is 27.4 Å². The highest BCUT2D eigenvalue weighted by Crippen LogP contribution is 2.34. The maximum atomic E-state index is 13.4. The molecule has 0 unspecified atom stereocenters. The lowest BCUT2D eigenvalue weighted by molar-refractivity contribution is -0.126. The van der Waals surface area contributed by atoms with Crippen LogP contribution < -0.4 is 10.6 Å². The van der Waals surface area contributed by atoms with E-state index in [1.54, 1.807) is 42.7 Å². The summed E-state index contributed by atoms with van der Waals surface area (Å²) in [6, 6.07) is 17.5. The van der Waals surface area contributed by atoms with Gasteiger partial charge in [-0.05, 0) is 41.8 Å². The molecule has 3 amide bonds. The second-order valence-corrected chi connectivity index (χ2v) is 8.24. The van der Waals surface area contributed by atoms with E-state index in [0.717, 1.165) is 16.7 Å². The Balaban J connectivity index is 1.59. The van der Waals surface area contributed by atoms with Crippen molar-refractivity contribution in [2.45, 2.75) is 39.1 Å². The Bertz CT molecular complexity index is 1160. The Hall–Kier alpha value is -4.20. The van der Waals surface area contributed by atoms with Crippen molar-refractivity contribution in [2.24, 2.45) is 0 Å². The molecule has 0 saturated carbocycles. The van der Waals surface area contributed by atoms with Crippen molar-refractivity contribution in [2.75, 3.05) is 5.32 Å². The molecule has 8 nitrogen and oxygen atoms in total. The summed E-state index contributed by atoms with van der Waals surface area (Å²) in [6.45, 7) is 3.94. The second-order valence-electron chi connectivity index (χ2n) is 8.24. The van der Waals surface area contributed by atoms with Crippen LogP contribution in [0.3, 0.4) is 0 Å². The largest absolute Gasteiger partial charge is 0.438 e.